The van der Waals surface area contributed by atoms with Gasteiger partial charge in [0.15, 0.2) is 0 Å². The van der Waals surface area contributed by atoms with Crippen molar-refractivity contribution in [2.24, 2.45) is 11.1 Å². The summed E-state index contributed by atoms with van der Waals surface area (Å²) in [6.07, 6.45) is 0.263. The van der Waals surface area contributed by atoms with E-state index in [0.29, 0.717) is 5.56 Å². The van der Waals surface area contributed by atoms with Gasteiger partial charge >= 0.3 is 0 Å². The summed E-state index contributed by atoms with van der Waals surface area (Å²) in [4.78, 5) is 13.8. The number of nitrogens with two attached hydrogens (primary N) is 1. The first-order chi connectivity index (χ1) is 9.14. The molecule has 2 unspecified atom stereocenters. The summed E-state index contributed by atoms with van der Waals surface area (Å²) in [6, 6.07) is 6.00. The first-order valence-electron chi connectivity index (χ1n) is 6.90. The quantitative estimate of drug-likeness (QED) is 0.921. The van der Waals surface area contributed by atoms with E-state index < -0.39 is 0 Å². The van der Waals surface area contributed by atoms with E-state index in [-0.39, 0.29) is 35.6 Å². The van der Waals surface area contributed by atoms with Crippen LogP contribution in [0.5, 0.6) is 0 Å². The fraction of sp³-hybridized carbons (Fsp3) is 0.562. The molecular formula is C16H25FN2O. The zero-order valence-electron chi connectivity index (χ0n) is 13.0. The monoisotopic (exact) mass is 280 g/mol. The summed E-state index contributed by atoms with van der Waals surface area (Å²) in [6.45, 7) is 7.83. The number of amides is 1. The van der Waals surface area contributed by atoms with Crippen molar-refractivity contribution in [2.45, 2.75) is 46.2 Å². The number of benzene rings is 1. The van der Waals surface area contributed by atoms with Crippen LogP contribution in [0.3, 0.4) is 0 Å². The SMILES string of the molecule is CC(c1ccccc1F)N(C)C(=O)CC(N)C(C)(C)C. The fourth-order valence-corrected chi connectivity index (χ4v) is 1.88. The van der Waals surface area contributed by atoms with Crippen LogP contribution in [-0.4, -0.2) is 23.9 Å². The van der Waals surface area contributed by atoms with Crippen LogP contribution in [-0.2, 0) is 4.79 Å². The zero-order valence-corrected chi connectivity index (χ0v) is 13.0. The molecule has 1 rings (SSSR count). The van der Waals surface area contributed by atoms with Crippen LogP contribution in [0.25, 0.3) is 0 Å². The average Bonchev–Trinajstić information content (AvgIpc) is 2.36. The van der Waals surface area contributed by atoms with E-state index in [9.17, 15) is 9.18 Å². The lowest BCUT2D eigenvalue weighted by molar-refractivity contribution is -0.132. The lowest BCUT2D eigenvalue weighted by Gasteiger charge is -2.31. The summed E-state index contributed by atoms with van der Waals surface area (Å²) in [5.41, 5.74) is 6.43. The summed E-state index contributed by atoms with van der Waals surface area (Å²) in [5, 5.41) is 0. The van der Waals surface area contributed by atoms with Crippen LogP contribution >= 0.6 is 0 Å². The summed E-state index contributed by atoms with van der Waals surface area (Å²) >= 11 is 0. The largest absolute Gasteiger partial charge is 0.339 e. The molecule has 3 nitrogen and oxygen atoms in total. The number of hydrogen-bond donors (Lipinski definition) is 1. The first kappa shape index (κ1) is 16.6. The highest BCUT2D eigenvalue weighted by Crippen LogP contribution is 2.24. The maximum Gasteiger partial charge on any atom is 0.224 e. The molecule has 0 aliphatic rings. The summed E-state index contributed by atoms with van der Waals surface area (Å²) in [7, 11) is 1.69. The zero-order chi connectivity index (χ0) is 15.5. The number of carbonyl (C=O) groups excluding carboxylic acids is 1. The van der Waals surface area contributed by atoms with Gasteiger partial charge < -0.3 is 10.6 Å². The van der Waals surface area contributed by atoms with E-state index in [2.05, 4.69) is 0 Å². The van der Waals surface area contributed by atoms with Gasteiger partial charge in [0, 0.05) is 25.1 Å². The van der Waals surface area contributed by atoms with Crippen LogP contribution in [0, 0.1) is 11.2 Å². The van der Waals surface area contributed by atoms with Crippen LogP contribution < -0.4 is 5.73 Å². The van der Waals surface area contributed by atoms with Gasteiger partial charge in [-0.3, -0.25) is 4.79 Å². The van der Waals surface area contributed by atoms with E-state index in [0.717, 1.165) is 0 Å². The minimum Gasteiger partial charge on any atom is -0.339 e. The molecule has 0 radical (unpaired) electrons. The van der Waals surface area contributed by atoms with Gasteiger partial charge in [0.2, 0.25) is 5.91 Å². The molecule has 1 amide bonds. The topological polar surface area (TPSA) is 46.3 Å². The molecule has 4 heteroatoms. The van der Waals surface area contributed by atoms with Crippen molar-refractivity contribution >= 4 is 5.91 Å². The third-order valence-electron chi connectivity index (χ3n) is 3.84. The smallest absolute Gasteiger partial charge is 0.224 e. The maximum atomic E-state index is 13.8. The molecule has 0 bridgehead atoms. The molecule has 0 aliphatic heterocycles. The molecular weight excluding hydrogens is 255 g/mol. The molecule has 2 atom stereocenters. The van der Waals surface area contributed by atoms with Gasteiger partial charge in [-0.2, -0.15) is 0 Å². The van der Waals surface area contributed by atoms with E-state index in [1.807, 2.05) is 27.7 Å². The van der Waals surface area contributed by atoms with Crippen molar-refractivity contribution in [1.82, 2.24) is 4.90 Å². The Hall–Kier alpha value is -1.42. The Morgan fingerprint density at radius 1 is 1.35 bits per heavy atom. The summed E-state index contributed by atoms with van der Waals surface area (Å²) in [5.74, 6) is -0.358. The number of hydrogen-bond acceptors (Lipinski definition) is 2. The standard InChI is InChI=1S/C16H25FN2O/c1-11(12-8-6-7-9-13(12)17)19(5)15(20)10-14(18)16(2,3)4/h6-9,11,14H,10,18H2,1-5H3. The van der Waals surface area contributed by atoms with Crippen LogP contribution in [0.1, 0.15) is 45.7 Å². The Morgan fingerprint density at radius 3 is 2.40 bits per heavy atom. The highest BCUT2D eigenvalue weighted by molar-refractivity contribution is 5.77. The molecule has 0 saturated carbocycles. The molecule has 1 aromatic carbocycles. The second kappa shape index (κ2) is 6.35. The van der Waals surface area contributed by atoms with Gasteiger partial charge in [-0.25, -0.2) is 4.39 Å². The van der Waals surface area contributed by atoms with Gasteiger partial charge in [0.25, 0.3) is 0 Å². The van der Waals surface area contributed by atoms with Crippen molar-refractivity contribution in [3.63, 3.8) is 0 Å². The van der Waals surface area contributed by atoms with Gasteiger partial charge in [-0.15, -0.1) is 0 Å². The number of rotatable bonds is 4. The maximum absolute atomic E-state index is 13.8. The minimum absolute atomic E-state index is 0.0665. The molecule has 1 aromatic rings. The van der Waals surface area contributed by atoms with Crippen LogP contribution in [0.15, 0.2) is 24.3 Å². The third-order valence-corrected chi connectivity index (χ3v) is 3.84. The van der Waals surface area contributed by atoms with E-state index in [1.165, 1.54) is 6.07 Å². The molecule has 112 valence electrons. The van der Waals surface area contributed by atoms with E-state index in [1.54, 1.807) is 30.1 Å². The molecule has 0 aliphatic carbocycles. The predicted molar refractivity (Wildman–Crippen MR) is 79.6 cm³/mol. The second-order valence-electron chi connectivity index (χ2n) is 6.38. The van der Waals surface area contributed by atoms with Crippen molar-refractivity contribution in [2.75, 3.05) is 7.05 Å². The van der Waals surface area contributed by atoms with Crippen molar-refractivity contribution < 1.29 is 9.18 Å². The molecule has 0 spiro atoms. The third kappa shape index (κ3) is 4.04. The van der Waals surface area contributed by atoms with Crippen LogP contribution in [0.4, 0.5) is 4.39 Å². The van der Waals surface area contributed by atoms with E-state index in [4.69, 9.17) is 5.73 Å². The molecule has 0 saturated heterocycles. The van der Waals surface area contributed by atoms with Crippen molar-refractivity contribution in [3.05, 3.63) is 35.6 Å². The first-order valence-corrected chi connectivity index (χ1v) is 6.90. The Kier molecular flexibility index (Phi) is 5.28. The van der Waals surface area contributed by atoms with Crippen molar-refractivity contribution in [3.8, 4) is 0 Å². The van der Waals surface area contributed by atoms with Crippen molar-refractivity contribution in [1.29, 1.82) is 0 Å². The fourth-order valence-electron chi connectivity index (χ4n) is 1.88. The number of halogens is 1. The highest BCUT2D eigenvalue weighted by atomic mass is 19.1. The average molecular weight is 280 g/mol. The van der Waals surface area contributed by atoms with Gasteiger partial charge in [0.05, 0.1) is 6.04 Å². The predicted octanol–water partition coefficient (Wildman–Crippen LogP) is 3.11. The normalized spacial score (nSPS) is 14.8. The lowest BCUT2D eigenvalue weighted by Crippen LogP contribution is -2.41. The molecule has 20 heavy (non-hydrogen) atoms. The number of nitrogens with zero attached hydrogens (tertiary/aromatic N) is 1. The molecule has 0 heterocycles. The molecule has 0 fully saturated rings. The van der Waals surface area contributed by atoms with E-state index >= 15 is 0 Å². The Labute approximate surface area is 121 Å². The highest BCUT2D eigenvalue weighted by Gasteiger charge is 2.27. The van der Waals surface area contributed by atoms with Gasteiger partial charge in [0.1, 0.15) is 5.82 Å². The Balaban J connectivity index is 2.77. The Bertz CT molecular complexity index is 468. The summed E-state index contributed by atoms with van der Waals surface area (Å²) < 4.78 is 13.8. The molecule has 0 aromatic heterocycles. The Morgan fingerprint density at radius 2 is 1.90 bits per heavy atom. The lowest BCUT2D eigenvalue weighted by atomic mass is 9.85. The minimum atomic E-state index is -0.309. The van der Waals surface area contributed by atoms with Gasteiger partial charge in [-0.1, -0.05) is 39.0 Å². The van der Waals surface area contributed by atoms with Crippen LogP contribution in [0.2, 0.25) is 0 Å². The molecule has 2 N–H and O–H groups in total. The van der Waals surface area contributed by atoms with Gasteiger partial charge in [-0.05, 0) is 18.4 Å². The second-order valence-corrected chi connectivity index (χ2v) is 6.38. The number of carbonyl (C=O) groups is 1.